The molecule has 1 aromatic carbocycles. The number of hydrogen-bond donors (Lipinski definition) is 1. The summed E-state index contributed by atoms with van der Waals surface area (Å²) in [6.45, 7) is 3.72. The molecule has 18 heavy (non-hydrogen) atoms. The Morgan fingerprint density at radius 1 is 1.33 bits per heavy atom. The van der Waals surface area contributed by atoms with Gasteiger partial charge in [-0.3, -0.25) is 4.79 Å². The molecule has 0 saturated carbocycles. The Hall–Kier alpha value is -2.06. The van der Waals surface area contributed by atoms with Gasteiger partial charge in [0.2, 0.25) is 0 Å². The summed E-state index contributed by atoms with van der Waals surface area (Å²) in [6.07, 6.45) is 0. The van der Waals surface area contributed by atoms with Crippen LogP contribution in [0.3, 0.4) is 0 Å². The normalized spacial score (nSPS) is 10.1. The Balaban J connectivity index is 2.42. The summed E-state index contributed by atoms with van der Waals surface area (Å²) in [6, 6.07) is 9.13. The fourth-order valence-electron chi connectivity index (χ4n) is 1.51. The van der Waals surface area contributed by atoms with Crippen molar-refractivity contribution in [3.63, 3.8) is 0 Å². The van der Waals surface area contributed by atoms with Crippen molar-refractivity contribution in [2.24, 2.45) is 0 Å². The Bertz CT molecular complexity index is 685. The molecule has 0 aliphatic carbocycles. The molecule has 1 heterocycles. The van der Waals surface area contributed by atoms with Crippen molar-refractivity contribution in [2.75, 3.05) is 0 Å². The lowest BCUT2D eigenvalue weighted by atomic mass is 10.2. The van der Waals surface area contributed by atoms with E-state index < -0.39 is 0 Å². The maximum Gasteiger partial charge on any atom is 0.251 e. The van der Waals surface area contributed by atoms with Crippen molar-refractivity contribution in [1.29, 1.82) is 5.26 Å². The highest BCUT2D eigenvalue weighted by molar-refractivity contribution is 7.99. The molecule has 4 nitrogen and oxygen atoms in total. The Kier molecular flexibility index (Phi) is 3.49. The standard InChI is InChI=1S/C13H11N3OS/c1-8-3-4-10(7-14)11(5-8)18-13-15-9(2)6-12(17)16-13/h3-6H,1-2H3,(H,15,16,17). The van der Waals surface area contributed by atoms with Crippen molar-refractivity contribution < 1.29 is 0 Å². The number of benzene rings is 1. The summed E-state index contributed by atoms with van der Waals surface area (Å²) in [5, 5.41) is 9.54. The second-order valence-corrected chi connectivity index (χ2v) is 4.94. The molecular weight excluding hydrogens is 246 g/mol. The molecule has 1 aromatic heterocycles. The monoisotopic (exact) mass is 257 g/mol. The van der Waals surface area contributed by atoms with E-state index in [1.165, 1.54) is 17.8 Å². The van der Waals surface area contributed by atoms with Crippen LogP contribution in [0.4, 0.5) is 0 Å². The predicted molar refractivity (Wildman–Crippen MR) is 69.6 cm³/mol. The molecule has 90 valence electrons. The van der Waals surface area contributed by atoms with Crippen LogP contribution in [0.25, 0.3) is 0 Å². The lowest BCUT2D eigenvalue weighted by molar-refractivity contribution is 0.905. The van der Waals surface area contributed by atoms with E-state index in [0.717, 1.165) is 10.5 Å². The minimum atomic E-state index is -0.184. The van der Waals surface area contributed by atoms with E-state index in [0.29, 0.717) is 16.4 Å². The molecule has 0 fully saturated rings. The average Bonchev–Trinajstić information content (AvgIpc) is 2.27. The molecule has 2 aromatic rings. The zero-order chi connectivity index (χ0) is 13.1. The molecule has 0 amide bonds. The summed E-state index contributed by atoms with van der Waals surface area (Å²) < 4.78 is 0. The molecule has 2 rings (SSSR count). The lowest BCUT2D eigenvalue weighted by Gasteiger charge is -2.04. The number of aromatic amines is 1. The number of nitrogens with one attached hydrogen (secondary N) is 1. The van der Waals surface area contributed by atoms with Gasteiger partial charge in [-0.1, -0.05) is 17.8 Å². The van der Waals surface area contributed by atoms with Crippen molar-refractivity contribution in [2.45, 2.75) is 23.9 Å². The van der Waals surface area contributed by atoms with Crippen LogP contribution in [0.2, 0.25) is 0 Å². The first kappa shape index (κ1) is 12.4. The van der Waals surface area contributed by atoms with Gasteiger partial charge >= 0.3 is 0 Å². The van der Waals surface area contributed by atoms with Crippen LogP contribution < -0.4 is 5.56 Å². The summed E-state index contributed by atoms with van der Waals surface area (Å²) in [5.74, 6) is 0. The third-order valence-electron chi connectivity index (χ3n) is 2.31. The van der Waals surface area contributed by atoms with Crippen molar-refractivity contribution in [3.8, 4) is 6.07 Å². The van der Waals surface area contributed by atoms with E-state index in [1.807, 2.05) is 19.1 Å². The van der Waals surface area contributed by atoms with Gasteiger partial charge < -0.3 is 4.98 Å². The highest BCUT2D eigenvalue weighted by atomic mass is 32.2. The molecule has 0 unspecified atom stereocenters. The highest BCUT2D eigenvalue weighted by Gasteiger charge is 2.07. The lowest BCUT2D eigenvalue weighted by Crippen LogP contribution is -2.07. The van der Waals surface area contributed by atoms with E-state index in [-0.39, 0.29) is 5.56 Å². The molecule has 0 bridgehead atoms. The molecule has 0 atom stereocenters. The number of aryl methyl sites for hydroxylation is 2. The van der Waals surface area contributed by atoms with E-state index in [2.05, 4.69) is 16.0 Å². The van der Waals surface area contributed by atoms with E-state index in [1.54, 1.807) is 13.0 Å². The van der Waals surface area contributed by atoms with Gasteiger partial charge in [0.1, 0.15) is 6.07 Å². The summed E-state index contributed by atoms with van der Waals surface area (Å²) >= 11 is 1.29. The Labute approximate surface area is 109 Å². The third-order valence-corrected chi connectivity index (χ3v) is 3.26. The maximum absolute atomic E-state index is 11.3. The number of aromatic nitrogens is 2. The maximum atomic E-state index is 11.3. The fourth-order valence-corrected chi connectivity index (χ4v) is 2.53. The first-order valence-electron chi connectivity index (χ1n) is 5.35. The minimum absolute atomic E-state index is 0.184. The molecule has 5 heteroatoms. The van der Waals surface area contributed by atoms with Gasteiger partial charge in [0.25, 0.3) is 5.56 Å². The molecule has 0 radical (unpaired) electrons. The highest BCUT2D eigenvalue weighted by Crippen LogP contribution is 2.28. The van der Waals surface area contributed by atoms with Crippen molar-refractivity contribution in [1.82, 2.24) is 9.97 Å². The van der Waals surface area contributed by atoms with Gasteiger partial charge in [-0.15, -0.1) is 0 Å². The van der Waals surface area contributed by atoms with Crippen LogP contribution in [0.5, 0.6) is 0 Å². The largest absolute Gasteiger partial charge is 0.301 e. The smallest absolute Gasteiger partial charge is 0.251 e. The molecular formula is C13H11N3OS. The van der Waals surface area contributed by atoms with Crippen LogP contribution in [0.15, 0.2) is 39.1 Å². The van der Waals surface area contributed by atoms with Crippen LogP contribution in [-0.4, -0.2) is 9.97 Å². The Morgan fingerprint density at radius 3 is 2.78 bits per heavy atom. The first-order valence-corrected chi connectivity index (χ1v) is 6.17. The minimum Gasteiger partial charge on any atom is -0.301 e. The van der Waals surface area contributed by atoms with Crippen molar-refractivity contribution in [3.05, 3.63) is 51.4 Å². The van der Waals surface area contributed by atoms with Gasteiger partial charge in [0, 0.05) is 16.7 Å². The summed E-state index contributed by atoms with van der Waals surface area (Å²) in [4.78, 5) is 19.0. The number of rotatable bonds is 2. The van der Waals surface area contributed by atoms with Crippen LogP contribution >= 0.6 is 11.8 Å². The van der Waals surface area contributed by atoms with Crippen LogP contribution in [0, 0.1) is 25.2 Å². The molecule has 0 aliphatic heterocycles. The summed E-state index contributed by atoms with van der Waals surface area (Å²) in [7, 11) is 0. The van der Waals surface area contributed by atoms with Gasteiger partial charge in [0.15, 0.2) is 5.16 Å². The van der Waals surface area contributed by atoms with Gasteiger partial charge in [-0.2, -0.15) is 5.26 Å². The van der Waals surface area contributed by atoms with Gasteiger partial charge in [-0.25, -0.2) is 4.98 Å². The quantitative estimate of drug-likeness (QED) is 0.839. The van der Waals surface area contributed by atoms with Gasteiger partial charge in [-0.05, 0) is 31.5 Å². The summed E-state index contributed by atoms with van der Waals surface area (Å²) in [5.41, 5.74) is 2.12. The number of nitriles is 1. The number of hydrogen-bond acceptors (Lipinski definition) is 4. The zero-order valence-corrected chi connectivity index (χ0v) is 10.8. The second kappa shape index (κ2) is 5.07. The SMILES string of the molecule is Cc1ccc(C#N)c(Sc2nc(C)cc(=O)[nH]2)c1. The molecule has 1 N–H and O–H groups in total. The Morgan fingerprint density at radius 2 is 2.11 bits per heavy atom. The van der Waals surface area contributed by atoms with Crippen LogP contribution in [0.1, 0.15) is 16.8 Å². The van der Waals surface area contributed by atoms with Crippen LogP contribution in [-0.2, 0) is 0 Å². The molecule has 0 aliphatic rings. The second-order valence-electron chi connectivity index (χ2n) is 3.91. The van der Waals surface area contributed by atoms with Gasteiger partial charge in [0.05, 0.1) is 5.56 Å². The zero-order valence-electron chi connectivity index (χ0n) is 10.0. The number of nitrogens with zero attached hydrogens (tertiary/aromatic N) is 2. The van der Waals surface area contributed by atoms with E-state index in [9.17, 15) is 4.79 Å². The predicted octanol–water partition coefficient (Wildman–Crippen LogP) is 2.41. The molecule has 0 spiro atoms. The number of H-pyrrole nitrogens is 1. The van der Waals surface area contributed by atoms with Crippen molar-refractivity contribution >= 4 is 11.8 Å². The first-order chi connectivity index (χ1) is 8.58. The van der Waals surface area contributed by atoms with E-state index in [4.69, 9.17) is 5.26 Å². The fraction of sp³-hybridized carbons (Fsp3) is 0.154. The third kappa shape index (κ3) is 2.79. The van der Waals surface area contributed by atoms with E-state index >= 15 is 0 Å². The topological polar surface area (TPSA) is 69.5 Å². The molecule has 0 saturated heterocycles. The average molecular weight is 257 g/mol.